The zero-order valence-corrected chi connectivity index (χ0v) is 23.8. The maximum Gasteiger partial charge on any atom is 0.0979 e. The molecule has 3 heteroatoms. The first-order valence-corrected chi connectivity index (χ1v) is 14.5. The van der Waals surface area contributed by atoms with E-state index in [0.29, 0.717) is 5.92 Å². The maximum absolute atomic E-state index is 5.28. The summed E-state index contributed by atoms with van der Waals surface area (Å²) in [6, 6.07) is 46.8. The lowest BCUT2D eigenvalue weighted by Gasteiger charge is -2.15. The molecule has 0 saturated heterocycles. The highest BCUT2D eigenvalue weighted by Gasteiger charge is 2.16. The number of fused-ring (bicyclic) bond motifs is 3. The van der Waals surface area contributed by atoms with Gasteiger partial charge in [-0.25, -0.2) is 9.97 Å². The van der Waals surface area contributed by atoms with Crippen LogP contribution in [0.1, 0.15) is 36.6 Å². The van der Waals surface area contributed by atoms with E-state index in [1.54, 1.807) is 0 Å². The molecule has 3 nitrogen and oxygen atoms in total. The molecular formula is C39H31N3. The SMILES string of the molecule is CC(C)c1ccc2ccc3c(-c4cc(Cc5ccccc5)cc(-c5ccccc5)n4)cc(-c4ccccc4)nc3c2n1. The fraction of sp³-hybridized carbons (Fsp3) is 0.103. The first kappa shape index (κ1) is 25.8. The third-order valence-electron chi connectivity index (χ3n) is 7.80. The van der Waals surface area contributed by atoms with Gasteiger partial charge in [0, 0.05) is 33.2 Å². The fourth-order valence-corrected chi connectivity index (χ4v) is 5.59. The van der Waals surface area contributed by atoms with Gasteiger partial charge in [0.1, 0.15) is 0 Å². The third-order valence-corrected chi connectivity index (χ3v) is 7.80. The summed E-state index contributed by atoms with van der Waals surface area (Å²) in [5, 5.41) is 2.14. The Balaban J connectivity index is 1.52. The minimum atomic E-state index is 0.325. The zero-order valence-electron chi connectivity index (χ0n) is 23.8. The summed E-state index contributed by atoms with van der Waals surface area (Å²) in [6.45, 7) is 4.36. The molecule has 0 aliphatic heterocycles. The Hall–Kier alpha value is -5.15. The summed E-state index contributed by atoms with van der Waals surface area (Å²) >= 11 is 0. The molecule has 0 amide bonds. The van der Waals surface area contributed by atoms with Gasteiger partial charge in [0.25, 0.3) is 0 Å². The lowest BCUT2D eigenvalue weighted by Crippen LogP contribution is -1.98. The summed E-state index contributed by atoms with van der Waals surface area (Å²) in [5.74, 6) is 0.325. The molecule has 42 heavy (non-hydrogen) atoms. The van der Waals surface area contributed by atoms with Gasteiger partial charge in [-0.2, -0.15) is 0 Å². The predicted octanol–water partition coefficient (Wildman–Crippen LogP) is 9.89. The van der Waals surface area contributed by atoms with Gasteiger partial charge in [0.2, 0.25) is 0 Å². The summed E-state index contributed by atoms with van der Waals surface area (Å²) < 4.78 is 0. The molecule has 202 valence electrons. The summed E-state index contributed by atoms with van der Waals surface area (Å²) in [7, 11) is 0. The van der Waals surface area contributed by atoms with Gasteiger partial charge >= 0.3 is 0 Å². The number of aromatic nitrogens is 3. The van der Waals surface area contributed by atoms with E-state index in [1.165, 1.54) is 11.1 Å². The van der Waals surface area contributed by atoms with Crippen LogP contribution >= 0.6 is 0 Å². The van der Waals surface area contributed by atoms with Gasteiger partial charge < -0.3 is 0 Å². The highest BCUT2D eigenvalue weighted by atomic mass is 14.8. The Bertz CT molecular complexity index is 2020. The lowest BCUT2D eigenvalue weighted by atomic mass is 9.96. The molecule has 3 aromatic heterocycles. The lowest BCUT2D eigenvalue weighted by molar-refractivity contribution is 0.830. The Kier molecular flexibility index (Phi) is 6.77. The van der Waals surface area contributed by atoms with E-state index in [9.17, 15) is 0 Å². The van der Waals surface area contributed by atoms with Crippen molar-refractivity contribution in [2.45, 2.75) is 26.2 Å². The van der Waals surface area contributed by atoms with E-state index in [-0.39, 0.29) is 0 Å². The number of pyridine rings is 3. The second-order valence-electron chi connectivity index (χ2n) is 11.1. The van der Waals surface area contributed by atoms with Crippen molar-refractivity contribution in [1.82, 2.24) is 15.0 Å². The Morgan fingerprint density at radius 1 is 0.500 bits per heavy atom. The second-order valence-corrected chi connectivity index (χ2v) is 11.1. The maximum atomic E-state index is 5.28. The molecular weight excluding hydrogens is 510 g/mol. The minimum absolute atomic E-state index is 0.325. The highest BCUT2D eigenvalue weighted by molar-refractivity contribution is 6.09. The Morgan fingerprint density at radius 3 is 1.76 bits per heavy atom. The van der Waals surface area contributed by atoms with E-state index in [0.717, 1.165) is 67.7 Å². The number of benzene rings is 4. The quantitative estimate of drug-likeness (QED) is 0.197. The van der Waals surface area contributed by atoms with Gasteiger partial charge in [-0.3, -0.25) is 4.98 Å². The minimum Gasteiger partial charge on any atom is -0.250 e. The number of nitrogens with zero attached hydrogens (tertiary/aromatic N) is 3. The van der Waals surface area contributed by atoms with Crippen molar-refractivity contribution in [3.63, 3.8) is 0 Å². The van der Waals surface area contributed by atoms with Crippen LogP contribution in [0.15, 0.2) is 133 Å². The molecule has 0 aliphatic rings. The first-order chi connectivity index (χ1) is 20.6. The van der Waals surface area contributed by atoms with Crippen molar-refractivity contribution in [3.8, 4) is 33.8 Å². The van der Waals surface area contributed by atoms with Crippen LogP contribution < -0.4 is 0 Å². The van der Waals surface area contributed by atoms with Crippen molar-refractivity contribution in [2.75, 3.05) is 0 Å². The highest BCUT2D eigenvalue weighted by Crippen LogP contribution is 2.36. The van der Waals surface area contributed by atoms with Crippen LogP contribution in [0.25, 0.3) is 55.6 Å². The average molecular weight is 542 g/mol. The van der Waals surface area contributed by atoms with E-state index in [4.69, 9.17) is 15.0 Å². The first-order valence-electron chi connectivity index (χ1n) is 14.5. The second kappa shape index (κ2) is 11.0. The molecule has 4 aromatic carbocycles. The van der Waals surface area contributed by atoms with E-state index >= 15 is 0 Å². The topological polar surface area (TPSA) is 38.7 Å². The van der Waals surface area contributed by atoms with Crippen LogP contribution in [0.3, 0.4) is 0 Å². The Morgan fingerprint density at radius 2 is 1.10 bits per heavy atom. The van der Waals surface area contributed by atoms with Gasteiger partial charge in [-0.1, -0.05) is 123 Å². The van der Waals surface area contributed by atoms with E-state index in [2.05, 4.69) is 135 Å². The molecule has 0 N–H and O–H groups in total. The van der Waals surface area contributed by atoms with Gasteiger partial charge in [0.05, 0.1) is 28.1 Å². The van der Waals surface area contributed by atoms with Crippen LogP contribution in [0.5, 0.6) is 0 Å². The normalized spacial score (nSPS) is 11.4. The molecule has 3 heterocycles. The van der Waals surface area contributed by atoms with Gasteiger partial charge in [-0.05, 0) is 47.7 Å². The molecule has 7 rings (SSSR count). The summed E-state index contributed by atoms with van der Waals surface area (Å²) in [6.07, 6.45) is 0.826. The molecule has 0 bridgehead atoms. The van der Waals surface area contributed by atoms with Crippen molar-refractivity contribution in [3.05, 3.63) is 150 Å². The van der Waals surface area contributed by atoms with Crippen molar-refractivity contribution in [1.29, 1.82) is 0 Å². The molecule has 0 aliphatic carbocycles. The molecule has 0 radical (unpaired) electrons. The van der Waals surface area contributed by atoms with E-state index < -0.39 is 0 Å². The summed E-state index contributed by atoms with van der Waals surface area (Å²) in [5.41, 5.74) is 11.4. The van der Waals surface area contributed by atoms with Crippen LogP contribution in [0.2, 0.25) is 0 Å². The molecule has 0 spiro atoms. The standard InChI is InChI=1S/C39H31N3/c1-26(2)34-21-19-31-18-20-32-33(25-36(30-16-10-5-11-17-30)42-39(32)38(31)41-34)37-24-28(22-27-12-6-3-7-13-27)23-35(40-37)29-14-8-4-9-15-29/h3-21,23-26H,22H2,1-2H3. The largest absolute Gasteiger partial charge is 0.250 e. The van der Waals surface area contributed by atoms with Gasteiger partial charge in [-0.15, -0.1) is 0 Å². The third kappa shape index (κ3) is 5.06. The monoisotopic (exact) mass is 541 g/mol. The van der Waals surface area contributed by atoms with Crippen molar-refractivity contribution >= 4 is 21.8 Å². The summed E-state index contributed by atoms with van der Waals surface area (Å²) in [4.78, 5) is 15.6. The number of rotatable bonds is 6. The Labute approximate surface area is 246 Å². The molecule has 7 aromatic rings. The number of hydrogen-bond acceptors (Lipinski definition) is 3. The molecule has 0 unspecified atom stereocenters. The molecule has 0 saturated carbocycles. The average Bonchev–Trinajstić information content (AvgIpc) is 3.05. The predicted molar refractivity (Wildman–Crippen MR) is 174 cm³/mol. The zero-order chi connectivity index (χ0) is 28.5. The molecule has 0 atom stereocenters. The van der Waals surface area contributed by atoms with Crippen LogP contribution in [-0.4, -0.2) is 15.0 Å². The van der Waals surface area contributed by atoms with Crippen LogP contribution in [-0.2, 0) is 6.42 Å². The van der Waals surface area contributed by atoms with E-state index in [1.807, 2.05) is 12.1 Å². The smallest absolute Gasteiger partial charge is 0.0979 e. The van der Waals surface area contributed by atoms with Crippen molar-refractivity contribution < 1.29 is 0 Å². The fourth-order valence-electron chi connectivity index (χ4n) is 5.59. The molecule has 0 fully saturated rings. The van der Waals surface area contributed by atoms with Crippen molar-refractivity contribution in [2.24, 2.45) is 0 Å². The number of hydrogen-bond donors (Lipinski definition) is 0. The van der Waals surface area contributed by atoms with Crippen LogP contribution in [0.4, 0.5) is 0 Å². The van der Waals surface area contributed by atoms with Gasteiger partial charge in [0.15, 0.2) is 0 Å². The van der Waals surface area contributed by atoms with Crippen LogP contribution in [0, 0.1) is 0 Å².